The molecule has 1 atom stereocenters. The van der Waals surface area contributed by atoms with E-state index in [0.29, 0.717) is 6.54 Å². The number of hydrogen-bond donors (Lipinski definition) is 2. The van der Waals surface area contributed by atoms with Crippen molar-refractivity contribution >= 4 is 18.4 Å². The van der Waals surface area contributed by atoms with Gasteiger partial charge in [-0.1, -0.05) is 0 Å². The Morgan fingerprint density at radius 3 is 2.69 bits per heavy atom. The minimum absolute atomic E-state index is 0. The standard InChI is InChI=1S/C7H11F2NO2.ClH/c8-7(9)4-10-2-1-5(7)3-6(11)12;/h5,10H,1-4H2,(H,11,12);1H. The Hall–Kier alpha value is -0.420. The normalized spacial score (nSPS) is 26.2. The number of aliphatic carboxylic acids is 1. The van der Waals surface area contributed by atoms with E-state index < -0.39 is 30.8 Å². The lowest BCUT2D eigenvalue weighted by atomic mass is 9.91. The zero-order valence-electron chi connectivity index (χ0n) is 6.93. The van der Waals surface area contributed by atoms with E-state index in [2.05, 4.69) is 5.32 Å². The Morgan fingerprint density at radius 1 is 1.62 bits per heavy atom. The van der Waals surface area contributed by atoms with Crippen molar-refractivity contribution in [1.29, 1.82) is 0 Å². The molecule has 0 radical (unpaired) electrons. The lowest BCUT2D eigenvalue weighted by Gasteiger charge is -2.30. The van der Waals surface area contributed by atoms with Crippen LogP contribution in [0.25, 0.3) is 0 Å². The maximum absolute atomic E-state index is 12.9. The van der Waals surface area contributed by atoms with E-state index in [0.717, 1.165) is 0 Å². The molecule has 0 aromatic heterocycles. The Bertz CT molecular complexity index is 189. The predicted octanol–water partition coefficient (Wildman–Crippen LogP) is 1.13. The molecule has 0 aliphatic carbocycles. The van der Waals surface area contributed by atoms with Crippen molar-refractivity contribution in [2.24, 2.45) is 5.92 Å². The third kappa shape index (κ3) is 3.44. The number of carboxylic acids is 1. The summed E-state index contributed by atoms with van der Waals surface area (Å²) in [5, 5.41) is 10.9. The van der Waals surface area contributed by atoms with Gasteiger partial charge in [0.2, 0.25) is 0 Å². The summed E-state index contributed by atoms with van der Waals surface area (Å²) in [5.74, 6) is -5.02. The molecule has 0 amide bonds. The van der Waals surface area contributed by atoms with Gasteiger partial charge in [0, 0.05) is 5.92 Å². The van der Waals surface area contributed by atoms with Crippen LogP contribution in [0.15, 0.2) is 0 Å². The first-order valence-corrected chi connectivity index (χ1v) is 3.83. The summed E-state index contributed by atoms with van der Waals surface area (Å²) in [6.07, 6.45) is -0.200. The molecule has 78 valence electrons. The van der Waals surface area contributed by atoms with Gasteiger partial charge in [0.1, 0.15) is 0 Å². The second-order valence-electron chi connectivity index (χ2n) is 3.02. The van der Waals surface area contributed by atoms with Gasteiger partial charge in [-0.2, -0.15) is 0 Å². The molecule has 0 bridgehead atoms. The lowest BCUT2D eigenvalue weighted by molar-refractivity contribution is -0.144. The fraction of sp³-hybridized carbons (Fsp3) is 0.857. The molecule has 0 saturated carbocycles. The molecule has 3 nitrogen and oxygen atoms in total. The van der Waals surface area contributed by atoms with Gasteiger partial charge in [-0.25, -0.2) is 8.78 Å². The largest absolute Gasteiger partial charge is 0.481 e. The Kier molecular flexibility index (Phi) is 4.56. The lowest BCUT2D eigenvalue weighted by Crippen LogP contribution is -2.46. The smallest absolute Gasteiger partial charge is 0.303 e. The third-order valence-electron chi connectivity index (χ3n) is 2.05. The average Bonchev–Trinajstić information content (AvgIpc) is 1.92. The van der Waals surface area contributed by atoms with E-state index in [1.807, 2.05) is 0 Å². The second kappa shape index (κ2) is 4.72. The highest BCUT2D eigenvalue weighted by atomic mass is 35.5. The first-order chi connectivity index (χ1) is 5.52. The van der Waals surface area contributed by atoms with Crippen LogP contribution in [0.3, 0.4) is 0 Å². The topological polar surface area (TPSA) is 49.3 Å². The number of alkyl halides is 2. The molecule has 13 heavy (non-hydrogen) atoms. The van der Waals surface area contributed by atoms with E-state index in [1.54, 1.807) is 0 Å². The third-order valence-corrected chi connectivity index (χ3v) is 2.05. The SMILES string of the molecule is Cl.O=C(O)CC1CCNCC1(F)F. The summed E-state index contributed by atoms with van der Waals surface area (Å²) in [6.45, 7) is 0.0818. The Morgan fingerprint density at radius 2 is 2.23 bits per heavy atom. The molecule has 0 spiro atoms. The van der Waals surface area contributed by atoms with Gasteiger partial charge in [-0.05, 0) is 13.0 Å². The Labute approximate surface area is 80.9 Å². The first kappa shape index (κ1) is 12.6. The maximum Gasteiger partial charge on any atom is 0.303 e. The summed E-state index contributed by atoms with van der Waals surface area (Å²) >= 11 is 0. The number of nitrogens with one attached hydrogen (secondary N) is 1. The van der Waals surface area contributed by atoms with Crippen LogP contribution in [0, 0.1) is 5.92 Å². The summed E-state index contributed by atoms with van der Waals surface area (Å²) in [4.78, 5) is 10.2. The molecule has 1 aliphatic rings. The van der Waals surface area contributed by atoms with Crippen LogP contribution in [0.4, 0.5) is 8.78 Å². The number of rotatable bonds is 2. The van der Waals surface area contributed by atoms with Crippen molar-refractivity contribution in [3.63, 3.8) is 0 Å². The fourth-order valence-corrected chi connectivity index (χ4v) is 1.35. The van der Waals surface area contributed by atoms with Crippen LogP contribution in [-0.4, -0.2) is 30.1 Å². The van der Waals surface area contributed by atoms with Gasteiger partial charge in [0.05, 0.1) is 13.0 Å². The van der Waals surface area contributed by atoms with Crippen LogP contribution in [0.1, 0.15) is 12.8 Å². The highest BCUT2D eigenvalue weighted by Gasteiger charge is 2.42. The van der Waals surface area contributed by atoms with Crippen molar-refractivity contribution in [1.82, 2.24) is 5.32 Å². The van der Waals surface area contributed by atoms with Gasteiger partial charge in [-0.3, -0.25) is 4.79 Å². The zero-order valence-corrected chi connectivity index (χ0v) is 7.74. The highest BCUT2D eigenvalue weighted by molar-refractivity contribution is 5.85. The summed E-state index contributed by atoms with van der Waals surface area (Å²) in [7, 11) is 0. The zero-order chi connectivity index (χ0) is 9.19. The maximum atomic E-state index is 12.9. The van der Waals surface area contributed by atoms with E-state index in [1.165, 1.54) is 0 Å². The highest BCUT2D eigenvalue weighted by Crippen LogP contribution is 2.31. The van der Waals surface area contributed by atoms with Gasteiger partial charge in [-0.15, -0.1) is 12.4 Å². The minimum Gasteiger partial charge on any atom is -0.481 e. The summed E-state index contributed by atoms with van der Waals surface area (Å²) in [5.41, 5.74) is 0. The van der Waals surface area contributed by atoms with E-state index >= 15 is 0 Å². The van der Waals surface area contributed by atoms with Crippen LogP contribution >= 0.6 is 12.4 Å². The van der Waals surface area contributed by atoms with Gasteiger partial charge in [0.15, 0.2) is 0 Å². The molecule has 6 heteroatoms. The quantitative estimate of drug-likeness (QED) is 0.726. The molecular formula is C7H12ClF2NO2. The van der Waals surface area contributed by atoms with Crippen LogP contribution in [-0.2, 0) is 4.79 Å². The van der Waals surface area contributed by atoms with Gasteiger partial charge in [0.25, 0.3) is 5.92 Å². The fourth-order valence-electron chi connectivity index (χ4n) is 1.35. The monoisotopic (exact) mass is 215 g/mol. The molecule has 0 aromatic rings. The Balaban J connectivity index is 0.00000144. The predicted molar refractivity (Wildman–Crippen MR) is 45.4 cm³/mol. The molecule has 1 saturated heterocycles. The summed E-state index contributed by atoms with van der Waals surface area (Å²) < 4.78 is 25.8. The molecule has 1 rings (SSSR count). The van der Waals surface area contributed by atoms with Crippen LogP contribution < -0.4 is 5.32 Å². The van der Waals surface area contributed by atoms with E-state index in [4.69, 9.17) is 5.11 Å². The number of carbonyl (C=O) groups is 1. The van der Waals surface area contributed by atoms with Crippen molar-refractivity contribution in [2.45, 2.75) is 18.8 Å². The molecule has 1 aliphatic heterocycles. The second-order valence-corrected chi connectivity index (χ2v) is 3.02. The van der Waals surface area contributed by atoms with Gasteiger partial charge >= 0.3 is 5.97 Å². The van der Waals surface area contributed by atoms with E-state index in [9.17, 15) is 13.6 Å². The molecule has 2 N–H and O–H groups in total. The van der Waals surface area contributed by atoms with Gasteiger partial charge < -0.3 is 10.4 Å². The summed E-state index contributed by atoms with van der Waals surface area (Å²) in [6, 6.07) is 0. The number of halogens is 3. The van der Waals surface area contributed by atoms with Crippen LogP contribution in [0.2, 0.25) is 0 Å². The first-order valence-electron chi connectivity index (χ1n) is 3.83. The van der Waals surface area contributed by atoms with Crippen LogP contribution in [0.5, 0.6) is 0 Å². The molecule has 1 heterocycles. The van der Waals surface area contributed by atoms with Crippen molar-refractivity contribution in [3.05, 3.63) is 0 Å². The van der Waals surface area contributed by atoms with Crippen molar-refractivity contribution < 1.29 is 18.7 Å². The molecule has 1 unspecified atom stereocenters. The molecule has 0 aromatic carbocycles. The minimum atomic E-state index is -2.86. The number of hydrogen-bond acceptors (Lipinski definition) is 2. The van der Waals surface area contributed by atoms with E-state index in [-0.39, 0.29) is 18.8 Å². The van der Waals surface area contributed by atoms with Crippen molar-refractivity contribution in [2.75, 3.05) is 13.1 Å². The van der Waals surface area contributed by atoms with Crippen molar-refractivity contribution in [3.8, 4) is 0 Å². The molecular weight excluding hydrogens is 204 g/mol. The number of piperidine rings is 1. The molecule has 1 fully saturated rings. The number of carboxylic acid groups (broad SMARTS) is 1. The average molecular weight is 216 g/mol.